The van der Waals surface area contributed by atoms with Crippen LogP contribution < -0.4 is 10.3 Å². The highest BCUT2D eigenvalue weighted by atomic mass is 19.1. The summed E-state index contributed by atoms with van der Waals surface area (Å²) in [7, 11) is 0. The summed E-state index contributed by atoms with van der Waals surface area (Å²) >= 11 is 0. The topological polar surface area (TPSA) is 46.3 Å². The third-order valence-corrected chi connectivity index (χ3v) is 4.85. The van der Waals surface area contributed by atoms with Crippen LogP contribution in [0.2, 0.25) is 0 Å². The first-order chi connectivity index (χ1) is 13.5. The summed E-state index contributed by atoms with van der Waals surface area (Å²) in [4.78, 5) is 18.8. The average molecular weight is 380 g/mol. The van der Waals surface area contributed by atoms with Crippen LogP contribution in [-0.4, -0.2) is 18.1 Å². The van der Waals surface area contributed by atoms with Gasteiger partial charge in [-0.15, -0.1) is 0 Å². The molecule has 0 unspecified atom stereocenters. The van der Waals surface area contributed by atoms with Gasteiger partial charge in [-0.05, 0) is 31.5 Å². The third kappa shape index (κ3) is 2.81. The molecule has 0 N–H and O–H groups in total. The highest BCUT2D eigenvalue weighted by molar-refractivity contribution is 5.82. The Labute approximate surface area is 160 Å². The monoisotopic (exact) mass is 380 g/mol. The Morgan fingerprint density at radius 3 is 2.39 bits per heavy atom. The van der Waals surface area contributed by atoms with Gasteiger partial charge in [-0.25, -0.2) is 9.37 Å². The number of fused-ring (bicyclic) bond motifs is 2. The van der Waals surface area contributed by atoms with Crippen LogP contribution in [0.1, 0.15) is 13.8 Å². The first-order valence-corrected chi connectivity index (χ1v) is 9.11. The van der Waals surface area contributed by atoms with Crippen molar-refractivity contribution in [3.8, 4) is 22.6 Å². The highest BCUT2D eigenvalue weighted by Gasteiger charge is 2.28. The largest absolute Gasteiger partial charge is 0.449 e. The second-order valence-electron chi connectivity index (χ2n) is 6.41. The molecule has 2 aromatic carbocycles. The maximum Gasteiger partial charge on any atom is 0.228 e. The molecule has 0 saturated carbocycles. The van der Waals surface area contributed by atoms with Gasteiger partial charge < -0.3 is 9.32 Å². The minimum atomic E-state index is -1.14. The van der Waals surface area contributed by atoms with Gasteiger partial charge in [0.15, 0.2) is 17.2 Å². The second-order valence-corrected chi connectivity index (χ2v) is 6.41. The lowest BCUT2D eigenvalue weighted by Crippen LogP contribution is -2.21. The molecular formula is C22H18F2N2O2. The number of anilines is 1. The fourth-order valence-corrected chi connectivity index (χ4v) is 3.38. The third-order valence-electron chi connectivity index (χ3n) is 4.85. The van der Waals surface area contributed by atoms with Crippen LogP contribution in [0.15, 0.2) is 57.7 Å². The van der Waals surface area contributed by atoms with Crippen molar-refractivity contribution in [2.75, 3.05) is 18.0 Å². The van der Waals surface area contributed by atoms with E-state index in [0.717, 1.165) is 18.8 Å². The smallest absolute Gasteiger partial charge is 0.228 e. The molecule has 4 rings (SSSR count). The van der Waals surface area contributed by atoms with Crippen LogP contribution in [0.5, 0.6) is 0 Å². The molecule has 1 heterocycles. The summed E-state index contributed by atoms with van der Waals surface area (Å²) in [6, 6.07) is 13.4. The van der Waals surface area contributed by atoms with E-state index in [1.807, 2.05) is 19.9 Å². The van der Waals surface area contributed by atoms with Gasteiger partial charge in [0, 0.05) is 24.8 Å². The maximum atomic E-state index is 15.1. The fraction of sp³-hybridized carbons (Fsp3) is 0.182. The summed E-state index contributed by atoms with van der Waals surface area (Å²) < 4.78 is 35.6. The Kier molecular flexibility index (Phi) is 4.55. The van der Waals surface area contributed by atoms with Crippen molar-refractivity contribution in [1.29, 1.82) is 0 Å². The number of halogens is 2. The molecule has 0 atom stereocenters. The van der Waals surface area contributed by atoms with Gasteiger partial charge in [0.05, 0.1) is 5.56 Å². The Bertz CT molecular complexity index is 1180. The van der Waals surface area contributed by atoms with E-state index in [-0.39, 0.29) is 11.3 Å². The van der Waals surface area contributed by atoms with Gasteiger partial charge in [-0.1, -0.05) is 30.3 Å². The van der Waals surface area contributed by atoms with E-state index in [9.17, 15) is 9.18 Å². The average Bonchev–Trinajstić information content (AvgIpc) is 2.73. The predicted molar refractivity (Wildman–Crippen MR) is 106 cm³/mol. The van der Waals surface area contributed by atoms with Gasteiger partial charge >= 0.3 is 0 Å². The van der Waals surface area contributed by atoms with Gasteiger partial charge in [0.1, 0.15) is 11.2 Å². The summed E-state index contributed by atoms with van der Waals surface area (Å²) in [6.45, 7) is 5.62. The van der Waals surface area contributed by atoms with Gasteiger partial charge in [-0.3, -0.25) is 4.79 Å². The summed E-state index contributed by atoms with van der Waals surface area (Å²) in [5, 5.41) is 0. The Hall–Kier alpha value is -3.28. The highest BCUT2D eigenvalue weighted by Crippen LogP contribution is 2.34. The molecule has 0 amide bonds. The Balaban J connectivity index is 2.00. The number of nitrogens with zero attached hydrogens (tertiary/aromatic N) is 2. The predicted octanol–water partition coefficient (Wildman–Crippen LogP) is 5.08. The standard InChI is InChI=1S/C22H18F2N2O2/c1-3-26(4-2)14-10-11-15-16(12-14)28-22-19(24)21(27)17(18(23)20(22)25-15)13-8-6-5-7-9-13/h5-12H,3-4H2,1-2H3. The fourth-order valence-electron chi connectivity index (χ4n) is 3.38. The first kappa shape index (κ1) is 18.1. The van der Waals surface area contributed by atoms with Gasteiger partial charge in [0.25, 0.3) is 0 Å². The SMILES string of the molecule is CCN(CC)c1ccc2nc3c(F)c(-c4ccccc4)c(=O)c(F)c-3oc2c1. The molecule has 1 aliphatic heterocycles. The maximum absolute atomic E-state index is 15.1. The van der Waals surface area contributed by atoms with E-state index in [1.54, 1.807) is 42.5 Å². The molecular weight excluding hydrogens is 362 g/mol. The summed E-state index contributed by atoms with van der Waals surface area (Å²) in [5.74, 6) is -2.49. The molecule has 142 valence electrons. The van der Waals surface area contributed by atoms with E-state index in [2.05, 4.69) is 9.88 Å². The van der Waals surface area contributed by atoms with Gasteiger partial charge in [0.2, 0.25) is 11.2 Å². The van der Waals surface area contributed by atoms with Crippen LogP contribution in [0.3, 0.4) is 0 Å². The van der Waals surface area contributed by atoms with Crippen molar-refractivity contribution in [2.45, 2.75) is 13.8 Å². The zero-order valence-corrected chi connectivity index (χ0v) is 15.5. The van der Waals surface area contributed by atoms with Crippen molar-refractivity contribution >= 4 is 16.8 Å². The summed E-state index contributed by atoms with van der Waals surface area (Å²) in [6.07, 6.45) is 0. The lowest BCUT2D eigenvalue weighted by atomic mass is 10.0. The Morgan fingerprint density at radius 2 is 1.71 bits per heavy atom. The quantitative estimate of drug-likeness (QED) is 0.463. The molecule has 6 heteroatoms. The lowest BCUT2D eigenvalue weighted by molar-refractivity contribution is 0.519. The van der Waals surface area contributed by atoms with E-state index in [4.69, 9.17) is 4.42 Å². The molecule has 0 aromatic heterocycles. The van der Waals surface area contributed by atoms with E-state index in [1.165, 1.54) is 0 Å². The molecule has 2 aliphatic rings. The summed E-state index contributed by atoms with van der Waals surface area (Å²) in [5.41, 5.74) is 0.185. The van der Waals surface area contributed by atoms with Crippen LogP contribution in [0.25, 0.3) is 33.7 Å². The molecule has 28 heavy (non-hydrogen) atoms. The molecule has 1 aliphatic carbocycles. The first-order valence-electron chi connectivity index (χ1n) is 9.11. The van der Waals surface area contributed by atoms with E-state index < -0.39 is 22.8 Å². The normalized spacial score (nSPS) is 11.3. The second kappa shape index (κ2) is 7.03. The molecule has 0 fully saturated rings. The van der Waals surface area contributed by atoms with Crippen molar-refractivity contribution in [2.24, 2.45) is 0 Å². The lowest BCUT2D eigenvalue weighted by Gasteiger charge is -2.21. The van der Waals surface area contributed by atoms with Crippen LogP contribution in [0, 0.1) is 11.6 Å². The molecule has 0 spiro atoms. The zero-order valence-electron chi connectivity index (χ0n) is 15.5. The van der Waals surface area contributed by atoms with Crippen molar-refractivity contribution in [3.63, 3.8) is 0 Å². The number of benzene rings is 3. The number of rotatable bonds is 4. The number of hydrogen-bond acceptors (Lipinski definition) is 4. The van der Waals surface area contributed by atoms with Crippen molar-refractivity contribution in [1.82, 2.24) is 4.98 Å². The molecule has 4 nitrogen and oxygen atoms in total. The Morgan fingerprint density at radius 1 is 1.00 bits per heavy atom. The number of hydrogen-bond donors (Lipinski definition) is 0. The van der Waals surface area contributed by atoms with Crippen LogP contribution >= 0.6 is 0 Å². The minimum Gasteiger partial charge on any atom is -0.449 e. The zero-order chi connectivity index (χ0) is 19.8. The molecule has 0 bridgehead atoms. The number of aromatic nitrogens is 1. The minimum absolute atomic E-state index is 0.293. The van der Waals surface area contributed by atoms with E-state index in [0.29, 0.717) is 16.7 Å². The van der Waals surface area contributed by atoms with E-state index >= 15 is 4.39 Å². The molecule has 2 aromatic rings. The van der Waals surface area contributed by atoms with Crippen molar-refractivity contribution in [3.05, 3.63) is 70.4 Å². The molecule has 0 saturated heterocycles. The molecule has 0 radical (unpaired) electrons. The van der Waals surface area contributed by atoms with Crippen molar-refractivity contribution < 1.29 is 13.2 Å². The van der Waals surface area contributed by atoms with Crippen LogP contribution in [-0.2, 0) is 0 Å². The van der Waals surface area contributed by atoms with Gasteiger partial charge in [-0.2, -0.15) is 4.39 Å². The van der Waals surface area contributed by atoms with Crippen LogP contribution in [0.4, 0.5) is 14.5 Å².